The third-order valence-electron chi connectivity index (χ3n) is 1.80. The van der Waals surface area contributed by atoms with Gasteiger partial charge in [-0.05, 0) is 24.6 Å². The first kappa shape index (κ1) is 11.7. The maximum absolute atomic E-state index is 11.3. The van der Waals surface area contributed by atoms with Crippen LogP contribution in [0.1, 0.15) is 13.3 Å². The van der Waals surface area contributed by atoms with Crippen molar-refractivity contribution >= 4 is 29.0 Å². The summed E-state index contributed by atoms with van der Waals surface area (Å²) >= 11 is 5.78. The average molecular weight is 228 g/mol. The van der Waals surface area contributed by atoms with Crippen molar-refractivity contribution in [3.8, 4) is 0 Å². The normalized spacial score (nSPS) is 9.73. The van der Waals surface area contributed by atoms with Gasteiger partial charge in [0.15, 0.2) is 0 Å². The summed E-state index contributed by atoms with van der Waals surface area (Å²) in [6, 6.07) is 4.66. The SMILES string of the molecule is CCCNC(=O)Nc1cc(Cl)ccc1N. The van der Waals surface area contributed by atoms with E-state index in [1.165, 1.54) is 0 Å². The summed E-state index contributed by atoms with van der Waals surface area (Å²) < 4.78 is 0. The quantitative estimate of drug-likeness (QED) is 0.695. The maximum atomic E-state index is 11.3. The molecule has 0 bridgehead atoms. The topological polar surface area (TPSA) is 67.2 Å². The fourth-order valence-electron chi connectivity index (χ4n) is 1.04. The summed E-state index contributed by atoms with van der Waals surface area (Å²) in [4.78, 5) is 11.3. The van der Waals surface area contributed by atoms with Crippen LogP contribution in [0, 0.1) is 0 Å². The van der Waals surface area contributed by atoms with Gasteiger partial charge in [-0.15, -0.1) is 0 Å². The lowest BCUT2D eigenvalue weighted by molar-refractivity contribution is 0.252. The lowest BCUT2D eigenvalue weighted by atomic mass is 10.3. The molecular weight excluding hydrogens is 214 g/mol. The Hall–Kier alpha value is -1.42. The Bertz CT molecular complexity index is 355. The van der Waals surface area contributed by atoms with Gasteiger partial charge in [0.2, 0.25) is 0 Å². The summed E-state index contributed by atoms with van der Waals surface area (Å²) in [6.07, 6.45) is 0.887. The number of benzene rings is 1. The molecule has 0 atom stereocenters. The van der Waals surface area contributed by atoms with Crippen molar-refractivity contribution < 1.29 is 4.79 Å². The first-order valence-corrected chi connectivity index (χ1v) is 5.11. The third-order valence-corrected chi connectivity index (χ3v) is 2.03. The molecule has 0 aliphatic carbocycles. The summed E-state index contributed by atoms with van der Waals surface area (Å²) in [5.74, 6) is 0. The van der Waals surface area contributed by atoms with E-state index in [0.717, 1.165) is 6.42 Å². The van der Waals surface area contributed by atoms with E-state index in [1.807, 2.05) is 6.92 Å². The number of carbonyl (C=O) groups is 1. The van der Waals surface area contributed by atoms with Crippen LogP contribution in [0.3, 0.4) is 0 Å². The minimum absolute atomic E-state index is 0.272. The number of amides is 2. The van der Waals surface area contributed by atoms with E-state index in [-0.39, 0.29) is 6.03 Å². The Labute approximate surface area is 93.8 Å². The second-order valence-corrected chi connectivity index (χ2v) is 3.55. The molecule has 1 aromatic carbocycles. The minimum Gasteiger partial charge on any atom is -0.397 e. The molecule has 82 valence electrons. The van der Waals surface area contributed by atoms with E-state index in [4.69, 9.17) is 17.3 Å². The lowest BCUT2D eigenvalue weighted by Crippen LogP contribution is -2.29. The molecule has 0 radical (unpaired) electrons. The Morgan fingerprint density at radius 2 is 2.27 bits per heavy atom. The molecule has 0 heterocycles. The third kappa shape index (κ3) is 3.67. The van der Waals surface area contributed by atoms with Crippen LogP contribution in [0.4, 0.5) is 16.2 Å². The molecule has 0 aliphatic heterocycles. The van der Waals surface area contributed by atoms with Crippen LogP contribution < -0.4 is 16.4 Å². The highest BCUT2D eigenvalue weighted by Gasteiger charge is 2.04. The first-order valence-electron chi connectivity index (χ1n) is 4.73. The van der Waals surface area contributed by atoms with Crippen molar-refractivity contribution in [2.75, 3.05) is 17.6 Å². The number of nitrogens with two attached hydrogens (primary N) is 1. The van der Waals surface area contributed by atoms with Crippen LogP contribution in [0.15, 0.2) is 18.2 Å². The molecule has 0 unspecified atom stereocenters. The van der Waals surface area contributed by atoms with E-state index in [9.17, 15) is 4.79 Å². The van der Waals surface area contributed by atoms with Gasteiger partial charge in [-0.2, -0.15) is 0 Å². The van der Waals surface area contributed by atoms with Crippen LogP contribution >= 0.6 is 11.6 Å². The van der Waals surface area contributed by atoms with Crippen LogP contribution in [-0.2, 0) is 0 Å². The van der Waals surface area contributed by atoms with Gasteiger partial charge < -0.3 is 16.4 Å². The van der Waals surface area contributed by atoms with E-state index < -0.39 is 0 Å². The highest BCUT2D eigenvalue weighted by molar-refractivity contribution is 6.31. The van der Waals surface area contributed by atoms with Gasteiger partial charge in [0.25, 0.3) is 0 Å². The monoisotopic (exact) mass is 227 g/mol. The lowest BCUT2D eigenvalue weighted by Gasteiger charge is -2.09. The second-order valence-electron chi connectivity index (χ2n) is 3.11. The molecule has 0 aromatic heterocycles. The van der Waals surface area contributed by atoms with E-state index in [2.05, 4.69) is 10.6 Å². The summed E-state index contributed by atoms with van der Waals surface area (Å²) in [5, 5.41) is 5.84. The van der Waals surface area contributed by atoms with Gasteiger partial charge in [-0.25, -0.2) is 4.79 Å². The van der Waals surface area contributed by atoms with Crippen molar-refractivity contribution in [3.05, 3.63) is 23.2 Å². The van der Waals surface area contributed by atoms with Gasteiger partial charge >= 0.3 is 6.03 Å². The minimum atomic E-state index is -0.272. The predicted molar refractivity (Wildman–Crippen MR) is 63.2 cm³/mol. The predicted octanol–water partition coefficient (Wildman–Crippen LogP) is 2.45. The Morgan fingerprint density at radius 1 is 1.53 bits per heavy atom. The van der Waals surface area contributed by atoms with E-state index >= 15 is 0 Å². The summed E-state index contributed by atoms with van der Waals surface area (Å²) in [7, 11) is 0. The van der Waals surface area contributed by atoms with Crippen molar-refractivity contribution in [2.45, 2.75) is 13.3 Å². The number of hydrogen-bond acceptors (Lipinski definition) is 2. The number of nitrogens with one attached hydrogen (secondary N) is 2. The zero-order valence-corrected chi connectivity index (χ0v) is 9.27. The average Bonchev–Trinajstić information content (AvgIpc) is 2.20. The van der Waals surface area contributed by atoms with Crippen molar-refractivity contribution in [2.24, 2.45) is 0 Å². The molecule has 0 aliphatic rings. The highest BCUT2D eigenvalue weighted by Crippen LogP contribution is 2.22. The number of rotatable bonds is 3. The van der Waals surface area contributed by atoms with Gasteiger partial charge in [-0.3, -0.25) is 0 Å². The fourth-order valence-corrected chi connectivity index (χ4v) is 1.21. The largest absolute Gasteiger partial charge is 0.397 e. The second kappa shape index (κ2) is 5.46. The van der Waals surface area contributed by atoms with Crippen LogP contribution in [-0.4, -0.2) is 12.6 Å². The van der Waals surface area contributed by atoms with Crippen molar-refractivity contribution in [1.29, 1.82) is 0 Å². The molecule has 0 spiro atoms. The summed E-state index contributed by atoms with van der Waals surface area (Å²) in [6.45, 7) is 2.61. The number of halogens is 1. The molecule has 2 amide bonds. The number of nitrogen functional groups attached to an aromatic ring is 1. The first-order chi connectivity index (χ1) is 7.13. The Balaban J connectivity index is 2.63. The standard InChI is InChI=1S/C10H14ClN3O/c1-2-5-13-10(15)14-9-6-7(11)3-4-8(9)12/h3-4,6H,2,5,12H2,1H3,(H2,13,14,15). The van der Waals surface area contributed by atoms with E-state index in [0.29, 0.717) is 22.9 Å². The molecular formula is C10H14ClN3O. The molecule has 1 aromatic rings. The number of urea groups is 1. The number of anilines is 2. The summed E-state index contributed by atoms with van der Waals surface area (Å²) in [5.41, 5.74) is 6.68. The van der Waals surface area contributed by atoms with Gasteiger partial charge in [-0.1, -0.05) is 18.5 Å². The van der Waals surface area contributed by atoms with Gasteiger partial charge in [0.1, 0.15) is 0 Å². The van der Waals surface area contributed by atoms with Gasteiger partial charge in [0, 0.05) is 11.6 Å². The smallest absolute Gasteiger partial charge is 0.319 e. The molecule has 4 nitrogen and oxygen atoms in total. The van der Waals surface area contributed by atoms with Gasteiger partial charge in [0.05, 0.1) is 11.4 Å². The highest BCUT2D eigenvalue weighted by atomic mass is 35.5. The van der Waals surface area contributed by atoms with E-state index in [1.54, 1.807) is 18.2 Å². The molecule has 0 saturated carbocycles. The van der Waals surface area contributed by atoms with Crippen molar-refractivity contribution in [1.82, 2.24) is 5.32 Å². The molecule has 5 heteroatoms. The molecule has 0 saturated heterocycles. The zero-order chi connectivity index (χ0) is 11.3. The molecule has 1 rings (SSSR count). The zero-order valence-electron chi connectivity index (χ0n) is 8.51. The Morgan fingerprint density at radius 3 is 2.93 bits per heavy atom. The molecule has 4 N–H and O–H groups in total. The van der Waals surface area contributed by atoms with Crippen LogP contribution in [0.2, 0.25) is 5.02 Å². The Kier molecular flexibility index (Phi) is 4.24. The maximum Gasteiger partial charge on any atom is 0.319 e. The van der Waals surface area contributed by atoms with Crippen LogP contribution in [0.25, 0.3) is 0 Å². The fraction of sp³-hybridized carbons (Fsp3) is 0.300. The molecule has 15 heavy (non-hydrogen) atoms. The number of carbonyl (C=O) groups excluding carboxylic acids is 1. The number of hydrogen-bond donors (Lipinski definition) is 3. The van der Waals surface area contributed by atoms with Crippen LogP contribution in [0.5, 0.6) is 0 Å². The molecule has 0 fully saturated rings. The van der Waals surface area contributed by atoms with Crippen molar-refractivity contribution in [3.63, 3.8) is 0 Å².